The fourth-order valence-electron chi connectivity index (χ4n) is 1.47. The molecule has 0 amide bonds. The Bertz CT molecular complexity index is 537. The molecule has 0 aliphatic rings. The van der Waals surface area contributed by atoms with Gasteiger partial charge in [0.1, 0.15) is 11.5 Å². The van der Waals surface area contributed by atoms with Crippen molar-refractivity contribution in [1.29, 1.82) is 0 Å². The van der Waals surface area contributed by atoms with E-state index in [1.54, 1.807) is 24.4 Å². The number of benzene rings is 1. The van der Waals surface area contributed by atoms with E-state index in [9.17, 15) is 9.18 Å². The summed E-state index contributed by atoms with van der Waals surface area (Å²) in [4.78, 5) is 13.3. The first kappa shape index (κ1) is 11.2. The molecule has 0 bridgehead atoms. The molecule has 1 aromatic heterocycles. The van der Waals surface area contributed by atoms with Gasteiger partial charge in [-0.05, 0) is 23.8 Å². The van der Waals surface area contributed by atoms with Gasteiger partial charge in [-0.25, -0.2) is 9.18 Å². The van der Waals surface area contributed by atoms with Crippen molar-refractivity contribution in [3.05, 3.63) is 53.6 Å². The molecule has 88 valence electrons. The Labute approximate surface area is 97.1 Å². The van der Waals surface area contributed by atoms with E-state index < -0.39 is 5.97 Å². The molecule has 0 aliphatic heterocycles. The minimum atomic E-state index is -1.01. The lowest BCUT2D eigenvalue weighted by Crippen LogP contribution is -2.00. The molecular weight excluding hydrogens is 223 g/mol. The quantitative estimate of drug-likeness (QED) is 0.761. The molecule has 0 fully saturated rings. The molecule has 0 saturated heterocycles. The molecule has 3 N–H and O–H groups in total. The van der Waals surface area contributed by atoms with Gasteiger partial charge >= 0.3 is 5.97 Å². The first-order valence-electron chi connectivity index (χ1n) is 5.06. The van der Waals surface area contributed by atoms with Crippen LogP contribution in [0.5, 0.6) is 0 Å². The summed E-state index contributed by atoms with van der Waals surface area (Å²) < 4.78 is 13.3. The predicted molar refractivity (Wildman–Crippen MR) is 61.5 cm³/mol. The van der Waals surface area contributed by atoms with E-state index in [0.29, 0.717) is 12.2 Å². The second-order valence-corrected chi connectivity index (χ2v) is 3.56. The van der Waals surface area contributed by atoms with Gasteiger partial charge in [0.2, 0.25) is 0 Å². The minimum absolute atomic E-state index is 0.121. The summed E-state index contributed by atoms with van der Waals surface area (Å²) in [5.41, 5.74) is 1.27. The summed E-state index contributed by atoms with van der Waals surface area (Å²) in [5, 5.41) is 11.6. The van der Waals surface area contributed by atoms with Crippen molar-refractivity contribution >= 4 is 11.7 Å². The van der Waals surface area contributed by atoms with E-state index in [2.05, 4.69) is 10.3 Å². The maximum atomic E-state index is 13.3. The van der Waals surface area contributed by atoms with Gasteiger partial charge in [-0.1, -0.05) is 12.1 Å². The highest BCUT2D eigenvalue weighted by Gasteiger charge is 2.06. The molecule has 4 nitrogen and oxygen atoms in total. The zero-order valence-electron chi connectivity index (χ0n) is 8.90. The summed E-state index contributed by atoms with van der Waals surface area (Å²) in [5.74, 6) is -1.34. The zero-order valence-corrected chi connectivity index (χ0v) is 8.90. The summed E-state index contributed by atoms with van der Waals surface area (Å²) in [6, 6.07) is 7.84. The Hall–Kier alpha value is -2.30. The van der Waals surface area contributed by atoms with Crippen LogP contribution < -0.4 is 5.32 Å². The van der Waals surface area contributed by atoms with Gasteiger partial charge in [-0.3, -0.25) is 0 Å². The zero-order chi connectivity index (χ0) is 12.3. The Morgan fingerprint density at radius 1 is 1.41 bits per heavy atom. The van der Waals surface area contributed by atoms with Gasteiger partial charge in [0.25, 0.3) is 0 Å². The van der Waals surface area contributed by atoms with Crippen LogP contribution in [0, 0.1) is 5.82 Å². The maximum Gasteiger partial charge on any atom is 0.352 e. The van der Waals surface area contributed by atoms with Gasteiger partial charge in [-0.15, -0.1) is 0 Å². The molecule has 0 radical (unpaired) electrons. The van der Waals surface area contributed by atoms with Crippen molar-refractivity contribution in [2.45, 2.75) is 6.54 Å². The summed E-state index contributed by atoms with van der Waals surface area (Å²) >= 11 is 0. The van der Waals surface area contributed by atoms with Crippen LogP contribution in [0.15, 0.2) is 36.5 Å². The minimum Gasteiger partial charge on any atom is -0.477 e. The number of nitrogens with one attached hydrogen (secondary N) is 2. The van der Waals surface area contributed by atoms with Crippen LogP contribution in [0.25, 0.3) is 0 Å². The highest BCUT2D eigenvalue weighted by Crippen LogP contribution is 2.14. The number of hydrogen-bond donors (Lipinski definition) is 3. The van der Waals surface area contributed by atoms with Crippen molar-refractivity contribution in [3.63, 3.8) is 0 Å². The summed E-state index contributed by atoms with van der Waals surface area (Å²) in [7, 11) is 0. The van der Waals surface area contributed by atoms with E-state index in [1.807, 2.05) is 0 Å². The number of H-pyrrole nitrogens is 1. The van der Waals surface area contributed by atoms with Gasteiger partial charge in [0.15, 0.2) is 0 Å². The van der Waals surface area contributed by atoms with E-state index in [-0.39, 0.29) is 11.5 Å². The molecule has 2 aromatic rings. The van der Waals surface area contributed by atoms with Crippen molar-refractivity contribution in [1.82, 2.24) is 4.98 Å². The molecule has 0 saturated carbocycles. The lowest BCUT2D eigenvalue weighted by molar-refractivity contribution is 0.0691. The smallest absolute Gasteiger partial charge is 0.352 e. The number of aromatic carboxylic acids is 1. The molecule has 5 heteroatoms. The molecule has 1 aromatic carbocycles. The van der Waals surface area contributed by atoms with E-state index in [4.69, 9.17) is 5.11 Å². The largest absolute Gasteiger partial charge is 0.477 e. The van der Waals surface area contributed by atoms with Gasteiger partial charge in [-0.2, -0.15) is 0 Å². The van der Waals surface area contributed by atoms with Crippen LogP contribution in [0.3, 0.4) is 0 Å². The van der Waals surface area contributed by atoms with Crippen LogP contribution in [-0.2, 0) is 6.54 Å². The third-order valence-corrected chi connectivity index (χ3v) is 2.33. The number of halogens is 1. The number of aromatic nitrogens is 1. The predicted octanol–water partition coefficient (Wildman–Crippen LogP) is 2.46. The highest BCUT2D eigenvalue weighted by atomic mass is 19.1. The Morgan fingerprint density at radius 3 is 2.82 bits per heavy atom. The Kier molecular flexibility index (Phi) is 3.09. The standard InChI is InChI=1S/C12H11FN2O2/c13-9-3-1-2-4-10(9)14-6-8-5-11(12(16)17)15-7-8/h1-5,7,14-15H,6H2,(H,16,17). The van der Waals surface area contributed by atoms with Crippen molar-refractivity contribution in [2.75, 3.05) is 5.32 Å². The third kappa shape index (κ3) is 2.63. The second kappa shape index (κ2) is 4.69. The van der Waals surface area contributed by atoms with E-state index in [1.165, 1.54) is 12.1 Å². The maximum absolute atomic E-state index is 13.3. The number of carbonyl (C=O) groups is 1. The van der Waals surface area contributed by atoms with Crippen molar-refractivity contribution in [2.24, 2.45) is 0 Å². The summed E-state index contributed by atoms with van der Waals surface area (Å²) in [6.07, 6.45) is 1.58. The van der Waals surface area contributed by atoms with Crippen LogP contribution in [0.4, 0.5) is 10.1 Å². The van der Waals surface area contributed by atoms with E-state index >= 15 is 0 Å². The van der Waals surface area contributed by atoms with Crippen molar-refractivity contribution < 1.29 is 14.3 Å². The number of carboxylic acid groups (broad SMARTS) is 1. The van der Waals surface area contributed by atoms with E-state index in [0.717, 1.165) is 5.56 Å². The molecule has 0 atom stereocenters. The number of anilines is 1. The second-order valence-electron chi connectivity index (χ2n) is 3.56. The van der Waals surface area contributed by atoms with Crippen LogP contribution in [-0.4, -0.2) is 16.1 Å². The molecule has 17 heavy (non-hydrogen) atoms. The average Bonchev–Trinajstić information content (AvgIpc) is 2.77. The van der Waals surface area contributed by atoms with Crippen LogP contribution in [0.1, 0.15) is 16.1 Å². The number of rotatable bonds is 4. The normalized spacial score (nSPS) is 10.2. The van der Waals surface area contributed by atoms with Gasteiger partial charge in [0, 0.05) is 12.7 Å². The van der Waals surface area contributed by atoms with Crippen LogP contribution in [0.2, 0.25) is 0 Å². The Balaban J connectivity index is 2.02. The highest BCUT2D eigenvalue weighted by molar-refractivity contribution is 5.85. The first-order chi connectivity index (χ1) is 8.16. The number of para-hydroxylation sites is 1. The molecule has 0 aliphatic carbocycles. The molecule has 1 heterocycles. The monoisotopic (exact) mass is 234 g/mol. The Morgan fingerprint density at radius 2 is 2.18 bits per heavy atom. The molecular formula is C12H11FN2O2. The lowest BCUT2D eigenvalue weighted by Gasteiger charge is -2.05. The number of carboxylic acids is 1. The number of aromatic amines is 1. The third-order valence-electron chi connectivity index (χ3n) is 2.33. The molecule has 0 spiro atoms. The topological polar surface area (TPSA) is 65.1 Å². The number of hydrogen-bond acceptors (Lipinski definition) is 2. The fraction of sp³-hybridized carbons (Fsp3) is 0.0833. The fourth-order valence-corrected chi connectivity index (χ4v) is 1.47. The molecule has 0 unspecified atom stereocenters. The lowest BCUT2D eigenvalue weighted by atomic mass is 10.2. The first-order valence-corrected chi connectivity index (χ1v) is 5.06. The van der Waals surface area contributed by atoms with Gasteiger partial charge in [0.05, 0.1) is 5.69 Å². The van der Waals surface area contributed by atoms with Gasteiger partial charge < -0.3 is 15.4 Å². The van der Waals surface area contributed by atoms with Crippen LogP contribution >= 0.6 is 0 Å². The molecule has 2 rings (SSSR count). The average molecular weight is 234 g/mol. The summed E-state index contributed by atoms with van der Waals surface area (Å²) in [6.45, 7) is 0.366. The SMILES string of the molecule is O=C(O)c1cc(CNc2ccccc2F)c[nH]1. The van der Waals surface area contributed by atoms with Crippen molar-refractivity contribution in [3.8, 4) is 0 Å².